The Kier molecular flexibility index (Phi) is 60.8. The fraction of sp³-hybridized carbons (Fsp3) is 0.716. The molecule has 0 spiro atoms. The van der Waals surface area contributed by atoms with Crippen LogP contribution >= 0.6 is 0 Å². The van der Waals surface area contributed by atoms with Crippen LogP contribution in [-0.2, 0) is 33.3 Å². The minimum atomic E-state index is -1.63. The highest BCUT2D eigenvalue weighted by Gasteiger charge is 2.22. The summed E-state index contributed by atoms with van der Waals surface area (Å²) >= 11 is 0. The molecule has 0 saturated carbocycles. The zero-order valence-electron chi connectivity index (χ0n) is 54.3. The minimum Gasteiger partial charge on any atom is -0.545 e. The molecular formula is C74H127NO8. The van der Waals surface area contributed by atoms with Gasteiger partial charge in [-0.25, -0.2) is 0 Å². The first-order valence-electron chi connectivity index (χ1n) is 34.0. The number of ether oxygens (including phenoxy) is 4. The van der Waals surface area contributed by atoms with Gasteiger partial charge in [0, 0.05) is 12.8 Å². The first-order valence-corrected chi connectivity index (χ1v) is 34.0. The molecule has 0 fully saturated rings. The van der Waals surface area contributed by atoms with E-state index in [1.165, 1.54) is 154 Å². The molecule has 0 amide bonds. The van der Waals surface area contributed by atoms with Crippen molar-refractivity contribution in [2.24, 2.45) is 0 Å². The number of quaternary nitrogens is 1. The van der Waals surface area contributed by atoms with Gasteiger partial charge in [-0.1, -0.05) is 277 Å². The average Bonchev–Trinajstić information content (AvgIpc) is 3.46. The van der Waals surface area contributed by atoms with E-state index in [0.717, 1.165) is 96.3 Å². The highest BCUT2D eigenvalue weighted by Crippen LogP contribution is 2.17. The van der Waals surface area contributed by atoms with Crippen molar-refractivity contribution in [1.82, 2.24) is 0 Å². The molecule has 0 saturated heterocycles. The van der Waals surface area contributed by atoms with E-state index in [1.54, 1.807) is 0 Å². The van der Waals surface area contributed by atoms with Gasteiger partial charge in [-0.05, 0) is 103 Å². The lowest BCUT2D eigenvalue weighted by Crippen LogP contribution is -2.44. The molecule has 83 heavy (non-hydrogen) atoms. The number of carbonyl (C=O) groups is 3. The highest BCUT2D eigenvalue weighted by atomic mass is 16.7. The Morgan fingerprint density at radius 2 is 0.687 bits per heavy atom. The molecule has 0 N–H and O–H groups in total. The van der Waals surface area contributed by atoms with Gasteiger partial charge >= 0.3 is 11.9 Å². The summed E-state index contributed by atoms with van der Waals surface area (Å²) in [4.78, 5) is 37.4. The molecule has 2 atom stereocenters. The van der Waals surface area contributed by atoms with Crippen LogP contribution in [0.25, 0.3) is 0 Å². The summed E-state index contributed by atoms with van der Waals surface area (Å²) < 4.78 is 22.7. The second-order valence-corrected chi connectivity index (χ2v) is 23.7. The lowest BCUT2D eigenvalue weighted by atomic mass is 10.0. The Labute approximate surface area is 511 Å². The summed E-state index contributed by atoms with van der Waals surface area (Å²) in [5, 5.41) is 11.8. The third-order valence-electron chi connectivity index (χ3n) is 14.5. The van der Waals surface area contributed by atoms with Gasteiger partial charge in [0.1, 0.15) is 13.2 Å². The van der Waals surface area contributed by atoms with E-state index in [2.05, 4.69) is 123 Å². The van der Waals surface area contributed by atoms with Crippen molar-refractivity contribution in [2.45, 2.75) is 296 Å². The number of unbranched alkanes of at least 4 members (excludes halogenated alkanes) is 29. The molecule has 0 aromatic carbocycles. The van der Waals surface area contributed by atoms with E-state index in [9.17, 15) is 19.5 Å². The Balaban J connectivity index is 4.02. The Bertz CT molecular complexity index is 1730. The number of carboxylic acid groups (broad SMARTS) is 1. The topological polar surface area (TPSA) is 111 Å². The van der Waals surface area contributed by atoms with Crippen LogP contribution in [0.4, 0.5) is 0 Å². The van der Waals surface area contributed by atoms with E-state index in [-0.39, 0.29) is 38.6 Å². The van der Waals surface area contributed by atoms with Crippen LogP contribution in [0, 0.1) is 0 Å². The smallest absolute Gasteiger partial charge is 0.306 e. The summed E-state index contributed by atoms with van der Waals surface area (Å²) in [7, 11) is 5.92. The number of hydrogen-bond donors (Lipinski definition) is 0. The van der Waals surface area contributed by atoms with Gasteiger partial charge in [0.05, 0.1) is 40.3 Å². The van der Waals surface area contributed by atoms with Crippen LogP contribution in [0.15, 0.2) is 109 Å². The normalized spacial score (nSPS) is 13.4. The van der Waals surface area contributed by atoms with Crippen LogP contribution in [0.2, 0.25) is 0 Å². The third kappa shape index (κ3) is 65.3. The van der Waals surface area contributed by atoms with Gasteiger partial charge in [0.25, 0.3) is 0 Å². The number of carbonyl (C=O) groups excluding carboxylic acids is 3. The first kappa shape index (κ1) is 79.0. The molecule has 0 aliphatic heterocycles. The molecule has 9 nitrogen and oxygen atoms in total. The largest absolute Gasteiger partial charge is 0.545 e. The lowest BCUT2D eigenvalue weighted by molar-refractivity contribution is -0.870. The average molecular weight is 1160 g/mol. The minimum absolute atomic E-state index is 0.144. The van der Waals surface area contributed by atoms with Crippen molar-refractivity contribution >= 4 is 17.9 Å². The molecule has 0 heterocycles. The van der Waals surface area contributed by atoms with Gasteiger partial charge < -0.3 is 33.3 Å². The fourth-order valence-corrected chi connectivity index (χ4v) is 9.31. The Hall–Kier alpha value is -4.05. The summed E-state index contributed by atoms with van der Waals surface area (Å²) in [6, 6.07) is 0. The number of likely N-dealkylation sites (N-methyl/N-ethyl adjacent to an activating group) is 1. The molecule has 0 aliphatic rings. The zero-order chi connectivity index (χ0) is 60.5. The van der Waals surface area contributed by atoms with Gasteiger partial charge in [0.2, 0.25) is 0 Å². The number of esters is 2. The Morgan fingerprint density at radius 1 is 0.373 bits per heavy atom. The fourth-order valence-electron chi connectivity index (χ4n) is 9.31. The van der Waals surface area contributed by atoms with Crippen molar-refractivity contribution in [3.05, 3.63) is 109 Å². The van der Waals surface area contributed by atoms with Crippen molar-refractivity contribution in [1.29, 1.82) is 0 Å². The Morgan fingerprint density at radius 3 is 1.02 bits per heavy atom. The maximum Gasteiger partial charge on any atom is 0.306 e. The summed E-state index contributed by atoms with van der Waals surface area (Å²) in [5.74, 6) is -2.29. The maximum absolute atomic E-state index is 12.9. The van der Waals surface area contributed by atoms with Crippen LogP contribution in [0.5, 0.6) is 0 Å². The van der Waals surface area contributed by atoms with Gasteiger partial charge in [0.15, 0.2) is 12.4 Å². The number of aliphatic carboxylic acids is 1. The van der Waals surface area contributed by atoms with E-state index >= 15 is 0 Å². The van der Waals surface area contributed by atoms with Crippen LogP contribution < -0.4 is 5.11 Å². The number of nitrogens with zero attached hydrogens (tertiary/aromatic N) is 1. The lowest BCUT2D eigenvalue weighted by Gasteiger charge is -2.26. The SMILES string of the molecule is CC/C=C\C/C=C\C/C=C\C/C=C\C/C=C\C/C=C\C/C=C\CCCCCCCCCCCCCCCCCCCCCC(=O)OC(COC(=O)CCCCCCCCC/C=C\C/C=C\CCCCC)COC(OCC[N+](C)(C)C)C(=O)[O-]. The second kappa shape index (κ2) is 64.0. The predicted octanol–water partition coefficient (Wildman–Crippen LogP) is 19.7. The van der Waals surface area contributed by atoms with Crippen molar-refractivity contribution in [3.63, 3.8) is 0 Å². The second-order valence-electron chi connectivity index (χ2n) is 23.7. The van der Waals surface area contributed by atoms with Crippen molar-refractivity contribution < 1.29 is 42.9 Å². The first-order chi connectivity index (χ1) is 40.6. The number of rotatable bonds is 62. The molecule has 2 unspecified atom stereocenters. The van der Waals surface area contributed by atoms with E-state index in [4.69, 9.17) is 18.9 Å². The van der Waals surface area contributed by atoms with Crippen molar-refractivity contribution in [3.8, 4) is 0 Å². The van der Waals surface area contributed by atoms with Crippen LogP contribution in [-0.4, -0.2) is 82.3 Å². The summed E-state index contributed by atoms with van der Waals surface area (Å²) in [6.07, 6.45) is 86.0. The molecule has 0 bridgehead atoms. The summed E-state index contributed by atoms with van der Waals surface area (Å²) in [5.41, 5.74) is 0. The molecule has 0 rings (SSSR count). The molecule has 0 aliphatic carbocycles. The number of allylic oxidation sites excluding steroid dienone is 18. The summed E-state index contributed by atoms with van der Waals surface area (Å²) in [6.45, 7) is 4.61. The van der Waals surface area contributed by atoms with Crippen LogP contribution in [0.1, 0.15) is 284 Å². The monoisotopic (exact) mass is 1160 g/mol. The van der Waals surface area contributed by atoms with Gasteiger partial charge in [-0.3, -0.25) is 9.59 Å². The molecule has 0 aromatic rings. The van der Waals surface area contributed by atoms with E-state index < -0.39 is 24.3 Å². The molecule has 476 valence electrons. The molecule has 0 radical (unpaired) electrons. The van der Waals surface area contributed by atoms with E-state index in [1.807, 2.05) is 21.1 Å². The zero-order valence-corrected chi connectivity index (χ0v) is 54.3. The third-order valence-corrected chi connectivity index (χ3v) is 14.5. The number of carboxylic acids is 1. The molecule has 0 aromatic heterocycles. The number of hydrogen-bond acceptors (Lipinski definition) is 8. The standard InChI is InChI=1S/C74H127NO8/c1-6-8-10-12-14-16-18-20-22-24-25-26-27-28-29-30-31-32-33-34-35-36-37-38-39-40-41-42-43-44-45-46-47-49-51-53-55-57-59-61-63-65-72(77)83-70(69-82-74(73(78)79)80-67-66-75(3,4)5)68-81-71(76)64-62-60-58-56-54-52-50-48-23-21-19-17-15-13-11-9-7-2/h8,10,14-17,20-23,25-26,28-29,31-32,34-35,70,74H,6-7,9,11-13,18-19,24,27,30,33,36-69H2,1-5H3/b10-8-,16-14-,17-15-,22-20-,23-21-,26-25-,29-28-,32-31-,35-34-. The maximum atomic E-state index is 12.9. The molecule has 9 heteroatoms. The quantitative estimate of drug-likeness (QED) is 0.0195. The van der Waals surface area contributed by atoms with Gasteiger partial charge in [-0.2, -0.15) is 0 Å². The van der Waals surface area contributed by atoms with E-state index in [0.29, 0.717) is 17.4 Å². The van der Waals surface area contributed by atoms with Crippen LogP contribution in [0.3, 0.4) is 0 Å². The van der Waals surface area contributed by atoms with Gasteiger partial charge in [-0.15, -0.1) is 0 Å². The highest BCUT2D eigenvalue weighted by molar-refractivity contribution is 5.70. The predicted molar refractivity (Wildman–Crippen MR) is 352 cm³/mol. The molecular weight excluding hydrogens is 1030 g/mol. The van der Waals surface area contributed by atoms with Crippen molar-refractivity contribution in [2.75, 3.05) is 47.5 Å².